The molecule has 2 N–H and O–H groups in total. The third kappa shape index (κ3) is 5.68. The van der Waals surface area contributed by atoms with Crippen LogP contribution in [0, 0.1) is 5.82 Å². The second-order valence-corrected chi connectivity index (χ2v) is 9.05. The van der Waals surface area contributed by atoms with Crippen LogP contribution in [0.3, 0.4) is 0 Å². The van der Waals surface area contributed by atoms with Gasteiger partial charge in [0.25, 0.3) is 0 Å². The van der Waals surface area contributed by atoms with Gasteiger partial charge in [-0.2, -0.15) is 0 Å². The molecule has 2 atom stereocenters. The van der Waals surface area contributed by atoms with E-state index < -0.39 is 28.6 Å². The normalized spacial score (nSPS) is 14.8. The Morgan fingerprint density at radius 1 is 1.24 bits per heavy atom. The Kier molecular flexibility index (Phi) is 7.36. The molecule has 3 aromatic rings. The number of nitrogens with one attached hydrogen (secondary N) is 2. The number of carbonyl (C=O) groups is 1. The Morgan fingerprint density at radius 2 is 2.06 bits per heavy atom. The molecule has 0 aromatic carbocycles. The maximum Gasteiger partial charge on any atom is 0.234 e. The highest BCUT2D eigenvalue weighted by Gasteiger charge is 2.29. The molecule has 1 amide bonds. The quantitative estimate of drug-likeness (QED) is 0.447. The molecule has 3 heterocycles. The lowest BCUT2D eigenvalue weighted by molar-refractivity contribution is -0.117. The van der Waals surface area contributed by atoms with Crippen LogP contribution in [0.2, 0.25) is 0 Å². The topological polar surface area (TPSA) is 132 Å². The molecule has 0 bridgehead atoms. The Balaban J connectivity index is 1.48. The molecule has 34 heavy (non-hydrogen) atoms. The van der Waals surface area contributed by atoms with E-state index in [4.69, 9.17) is 4.74 Å². The van der Waals surface area contributed by atoms with E-state index in [0.29, 0.717) is 35.9 Å². The number of amides is 1. The Labute approximate surface area is 198 Å². The van der Waals surface area contributed by atoms with Crippen LogP contribution in [0.4, 0.5) is 16.2 Å². The van der Waals surface area contributed by atoms with Gasteiger partial charge in [-0.1, -0.05) is 6.92 Å². The van der Waals surface area contributed by atoms with Gasteiger partial charge < -0.3 is 10.1 Å². The van der Waals surface area contributed by atoms with Gasteiger partial charge in [0.1, 0.15) is 11.0 Å². The van der Waals surface area contributed by atoms with Gasteiger partial charge >= 0.3 is 0 Å². The first-order valence-electron chi connectivity index (χ1n) is 10.9. The number of pyridine rings is 1. The zero-order valence-electron chi connectivity index (χ0n) is 18.7. The van der Waals surface area contributed by atoms with Crippen molar-refractivity contribution in [1.29, 1.82) is 0 Å². The van der Waals surface area contributed by atoms with Crippen LogP contribution in [0.25, 0.3) is 11.3 Å². The minimum atomic E-state index is -1.25. The van der Waals surface area contributed by atoms with E-state index in [1.165, 1.54) is 30.9 Å². The van der Waals surface area contributed by atoms with Gasteiger partial charge in [-0.05, 0) is 38.3 Å². The lowest BCUT2D eigenvalue weighted by Gasteiger charge is -2.15. The molecule has 0 radical (unpaired) electrons. The van der Waals surface area contributed by atoms with Gasteiger partial charge in [0, 0.05) is 18.0 Å². The van der Waals surface area contributed by atoms with Gasteiger partial charge in [-0.3, -0.25) is 14.5 Å². The van der Waals surface area contributed by atoms with E-state index in [0.717, 1.165) is 12.8 Å². The molecule has 1 aliphatic carbocycles. The molecule has 0 aliphatic heterocycles. The fourth-order valence-corrected chi connectivity index (χ4v) is 4.19. The van der Waals surface area contributed by atoms with Crippen molar-refractivity contribution in [2.75, 3.05) is 16.6 Å². The summed E-state index contributed by atoms with van der Waals surface area (Å²) in [6.07, 6.45) is 8.06. The van der Waals surface area contributed by atoms with Crippen molar-refractivity contribution >= 4 is 28.7 Å². The predicted molar refractivity (Wildman–Crippen MR) is 125 cm³/mol. The Morgan fingerprint density at radius 3 is 2.76 bits per heavy atom. The lowest BCUT2D eigenvalue weighted by atomic mass is 10.0. The van der Waals surface area contributed by atoms with Crippen LogP contribution in [0.5, 0.6) is 5.88 Å². The number of nitrogens with zero attached hydrogens (tertiary/aromatic N) is 5. The molecule has 2 unspecified atom stereocenters. The third-order valence-electron chi connectivity index (χ3n) is 5.06. The van der Waals surface area contributed by atoms with Gasteiger partial charge in [-0.25, -0.2) is 28.5 Å². The van der Waals surface area contributed by atoms with E-state index >= 15 is 0 Å². The van der Waals surface area contributed by atoms with Crippen molar-refractivity contribution in [3.8, 4) is 17.1 Å². The first-order valence-corrected chi connectivity index (χ1v) is 12.1. The Hall–Kier alpha value is -3.54. The SMILES string of the molecule is CCOc1cncc(-c2cnc(NC(=O)C(CC)c3ccnc(NS(=O)C4CC4)n3)c(F)c2)n1. The number of ether oxygens (including phenoxy) is 1. The highest BCUT2D eigenvalue weighted by Crippen LogP contribution is 2.27. The molecule has 1 fully saturated rings. The highest BCUT2D eigenvalue weighted by molar-refractivity contribution is 7.87. The number of halogens is 1. The summed E-state index contributed by atoms with van der Waals surface area (Å²) >= 11 is 0. The number of carbonyl (C=O) groups excluding carboxylic acids is 1. The van der Waals surface area contributed by atoms with Crippen molar-refractivity contribution in [3.05, 3.63) is 48.4 Å². The summed E-state index contributed by atoms with van der Waals surface area (Å²) in [6.45, 7) is 4.07. The molecule has 0 saturated heterocycles. The number of aromatic nitrogens is 5. The number of rotatable bonds is 10. The van der Waals surface area contributed by atoms with Gasteiger partial charge in [-0.15, -0.1) is 0 Å². The van der Waals surface area contributed by atoms with Crippen molar-refractivity contribution in [2.45, 2.75) is 44.3 Å². The zero-order chi connectivity index (χ0) is 24.1. The van der Waals surface area contributed by atoms with Crippen LogP contribution >= 0.6 is 0 Å². The molecule has 3 aromatic heterocycles. The molecule has 4 rings (SSSR count). The monoisotopic (exact) mass is 485 g/mol. The van der Waals surface area contributed by atoms with Crippen LogP contribution < -0.4 is 14.8 Å². The maximum atomic E-state index is 14.8. The van der Waals surface area contributed by atoms with Crippen molar-refractivity contribution in [3.63, 3.8) is 0 Å². The summed E-state index contributed by atoms with van der Waals surface area (Å²) in [7, 11) is -1.25. The molecule has 0 spiro atoms. The van der Waals surface area contributed by atoms with Gasteiger partial charge in [0.05, 0.1) is 41.6 Å². The summed E-state index contributed by atoms with van der Waals surface area (Å²) in [5.74, 6) is -1.54. The molecular formula is C22H24FN7O3S. The van der Waals surface area contributed by atoms with E-state index in [2.05, 4.69) is 35.0 Å². The molecular weight excluding hydrogens is 461 g/mol. The fourth-order valence-electron chi connectivity index (χ4n) is 3.18. The lowest BCUT2D eigenvalue weighted by Crippen LogP contribution is -2.23. The molecule has 178 valence electrons. The zero-order valence-corrected chi connectivity index (χ0v) is 19.5. The molecule has 1 saturated carbocycles. The fraction of sp³-hybridized carbons (Fsp3) is 0.364. The number of hydrogen-bond donors (Lipinski definition) is 2. The average Bonchev–Trinajstić information content (AvgIpc) is 3.67. The van der Waals surface area contributed by atoms with Crippen molar-refractivity contribution in [2.24, 2.45) is 0 Å². The summed E-state index contributed by atoms with van der Waals surface area (Å²) in [6, 6.07) is 2.83. The number of anilines is 2. The highest BCUT2D eigenvalue weighted by atomic mass is 32.2. The van der Waals surface area contributed by atoms with Gasteiger partial charge in [0.2, 0.25) is 17.7 Å². The van der Waals surface area contributed by atoms with Crippen LogP contribution in [0.1, 0.15) is 44.7 Å². The molecule has 1 aliphatic rings. The second-order valence-electron chi connectivity index (χ2n) is 7.58. The molecule has 12 heteroatoms. The average molecular weight is 486 g/mol. The predicted octanol–water partition coefficient (Wildman–Crippen LogP) is 3.24. The van der Waals surface area contributed by atoms with E-state index in [-0.39, 0.29) is 17.0 Å². The molecule has 10 nitrogen and oxygen atoms in total. The summed E-state index contributed by atoms with van der Waals surface area (Å²) < 4.78 is 35.0. The summed E-state index contributed by atoms with van der Waals surface area (Å²) in [5.41, 5.74) is 1.23. The minimum absolute atomic E-state index is 0.113. The van der Waals surface area contributed by atoms with E-state index in [1.807, 2.05) is 13.8 Å². The maximum absolute atomic E-state index is 14.8. The van der Waals surface area contributed by atoms with Crippen LogP contribution in [0.15, 0.2) is 36.9 Å². The second kappa shape index (κ2) is 10.6. The van der Waals surface area contributed by atoms with E-state index in [1.54, 1.807) is 6.07 Å². The van der Waals surface area contributed by atoms with Crippen molar-refractivity contribution < 1.29 is 18.1 Å². The first kappa shape index (κ1) is 23.6. The van der Waals surface area contributed by atoms with Gasteiger partial charge in [0.15, 0.2) is 11.6 Å². The van der Waals surface area contributed by atoms with Crippen LogP contribution in [-0.2, 0) is 15.8 Å². The first-order chi connectivity index (χ1) is 16.5. The van der Waals surface area contributed by atoms with E-state index in [9.17, 15) is 13.4 Å². The van der Waals surface area contributed by atoms with Crippen molar-refractivity contribution in [1.82, 2.24) is 24.9 Å². The number of hydrogen-bond acceptors (Lipinski definition) is 8. The third-order valence-corrected chi connectivity index (χ3v) is 6.52. The smallest absolute Gasteiger partial charge is 0.234 e. The Bertz CT molecular complexity index is 1210. The summed E-state index contributed by atoms with van der Waals surface area (Å²) in [5, 5.41) is 2.65. The largest absolute Gasteiger partial charge is 0.477 e. The van der Waals surface area contributed by atoms with Crippen LogP contribution in [-0.4, -0.2) is 46.9 Å². The summed E-state index contributed by atoms with van der Waals surface area (Å²) in [4.78, 5) is 33.7. The minimum Gasteiger partial charge on any atom is -0.477 e. The standard InChI is InChI=1S/C22H24FN7O3S/c1-3-15(17-7-8-25-22(28-17)30-34(32)14-5-6-14)21(31)29-20-16(23)9-13(10-26-20)18-11-24-12-19(27-18)33-4-2/h7-12,14-15H,3-6H2,1-2H3,(H,25,28,30)(H,26,29,31).